The fourth-order valence-electron chi connectivity index (χ4n) is 2.99. The minimum atomic E-state index is -5.06. The van der Waals surface area contributed by atoms with Crippen molar-refractivity contribution in [2.75, 3.05) is 13.2 Å². The summed E-state index contributed by atoms with van der Waals surface area (Å²) in [7, 11) is -2.15. The molecule has 0 bridgehead atoms. The van der Waals surface area contributed by atoms with Crippen LogP contribution < -0.4 is 16.6 Å². The number of H-pyrrole nitrogens is 1. The molecule has 3 atom stereocenters. The molecule has 14 heteroatoms. The van der Waals surface area contributed by atoms with Crippen molar-refractivity contribution in [3.63, 3.8) is 0 Å². The van der Waals surface area contributed by atoms with Gasteiger partial charge in [0.25, 0.3) is 5.56 Å². The summed E-state index contributed by atoms with van der Waals surface area (Å²) in [6.07, 6.45) is -3.46. The number of rotatable bonds is 7. The number of aromatic nitrogens is 2. The van der Waals surface area contributed by atoms with E-state index < -0.39 is 56.6 Å². The first-order chi connectivity index (χ1) is 17.1. The maximum Gasteiger partial charge on any atom is 0.471 e. The number of nitriles is 1. The van der Waals surface area contributed by atoms with Crippen molar-refractivity contribution >= 4 is 14.2 Å². The molecule has 0 unspecified atom stereocenters. The zero-order valence-electron chi connectivity index (χ0n) is 21.1. The molecule has 0 spiro atoms. The number of nitrogens with one attached hydrogen (secondary N) is 2. The Labute approximate surface area is 212 Å². The lowest BCUT2D eigenvalue weighted by Gasteiger charge is -2.37. The maximum absolute atomic E-state index is 12.5. The van der Waals surface area contributed by atoms with Gasteiger partial charge in [0.05, 0.1) is 31.6 Å². The van der Waals surface area contributed by atoms with Crippen molar-refractivity contribution in [1.82, 2.24) is 14.9 Å². The van der Waals surface area contributed by atoms with Gasteiger partial charge in [-0.05, 0) is 18.1 Å². The summed E-state index contributed by atoms with van der Waals surface area (Å²) in [5.74, 6) is 2.43. The first-order valence-electron chi connectivity index (χ1n) is 11.3. The molecule has 10 nitrogen and oxygen atoms in total. The Morgan fingerprint density at radius 3 is 2.62 bits per heavy atom. The second kappa shape index (κ2) is 11.8. The lowest BCUT2D eigenvalue weighted by atomic mass is 10.2. The van der Waals surface area contributed by atoms with Crippen LogP contribution in [0.2, 0.25) is 18.1 Å². The fraction of sp³-hybridized carbons (Fsp3) is 0.565. The summed E-state index contributed by atoms with van der Waals surface area (Å²) in [6.45, 7) is 9.89. The summed E-state index contributed by atoms with van der Waals surface area (Å²) < 4.78 is 55.8. The minimum absolute atomic E-state index is 0.0644. The van der Waals surface area contributed by atoms with E-state index in [0.29, 0.717) is 0 Å². The van der Waals surface area contributed by atoms with E-state index in [1.807, 2.05) is 6.07 Å². The predicted octanol–water partition coefficient (Wildman–Crippen LogP) is 2.30. The van der Waals surface area contributed by atoms with E-state index in [9.17, 15) is 27.6 Å². The summed E-state index contributed by atoms with van der Waals surface area (Å²) >= 11 is 0. The average Bonchev–Trinajstić information content (AvgIpc) is 3.17. The van der Waals surface area contributed by atoms with E-state index in [-0.39, 0.29) is 23.6 Å². The van der Waals surface area contributed by atoms with E-state index in [2.05, 4.69) is 50.7 Å². The molecule has 1 aliphatic rings. The van der Waals surface area contributed by atoms with Gasteiger partial charge in [-0.2, -0.15) is 18.4 Å². The number of allylic oxidation sites excluding steroid dienone is 1. The number of aromatic amines is 1. The van der Waals surface area contributed by atoms with Crippen LogP contribution in [0, 0.1) is 23.2 Å². The lowest BCUT2D eigenvalue weighted by Crippen LogP contribution is -2.44. The fourth-order valence-corrected chi connectivity index (χ4v) is 4.01. The number of carbonyl (C=O) groups is 1. The second-order valence-electron chi connectivity index (χ2n) is 9.73. The van der Waals surface area contributed by atoms with E-state index in [0.717, 1.165) is 16.8 Å². The molecule has 1 aromatic rings. The van der Waals surface area contributed by atoms with Crippen molar-refractivity contribution in [3.8, 4) is 17.9 Å². The second-order valence-corrected chi connectivity index (χ2v) is 14.5. The molecule has 2 heterocycles. The zero-order chi connectivity index (χ0) is 28.0. The molecule has 202 valence electrons. The molecule has 2 rings (SSSR count). The van der Waals surface area contributed by atoms with Crippen molar-refractivity contribution in [2.24, 2.45) is 0 Å². The van der Waals surface area contributed by atoms with Crippen molar-refractivity contribution in [2.45, 2.75) is 69.9 Å². The summed E-state index contributed by atoms with van der Waals surface area (Å²) in [6, 6.07) is 1.82. The molecule has 1 fully saturated rings. The third-order valence-electron chi connectivity index (χ3n) is 6.09. The normalized spacial score (nSPS) is 20.2. The van der Waals surface area contributed by atoms with Gasteiger partial charge in [-0.25, -0.2) is 4.79 Å². The Bertz CT molecular complexity index is 1230. The van der Waals surface area contributed by atoms with Crippen LogP contribution in [0.15, 0.2) is 28.1 Å². The first-order valence-corrected chi connectivity index (χ1v) is 14.2. The number of carbonyl (C=O) groups excluding carboxylic acids is 1. The highest BCUT2D eigenvalue weighted by molar-refractivity contribution is 6.74. The molecule has 0 aromatic carbocycles. The van der Waals surface area contributed by atoms with Crippen LogP contribution in [0.5, 0.6) is 0 Å². The van der Waals surface area contributed by atoms with Gasteiger partial charge in [0.2, 0.25) is 0 Å². The molecule has 37 heavy (non-hydrogen) atoms. The van der Waals surface area contributed by atoms with Crippen molar-refractivity contribution < 1.29 is 31.9 Å². The largest absolute Gasteiger partial charge is 0.494 e. The Balaban J connectivity index is 2.25. The Hall–Kier alpha value is -3.33. The van der Waals surface area contributed by atoms with Gasteiger partial charge in [-0.15, -0.1) is 0 Å². The lowest BCUT2D eigenvalue weighted by molar-refractivity contribution is -0.173. The summed E-state index contributed by atoms with van der Waals surface area (Å²) in [4.78, 5) is 37.6. The van der Waals surface area contributed by atoms with Crippen LogP contribution >= 0.6 is 0 Å². The van der Waals surface area contributed by atoms with Crippen LogP contribution in [-0.2, 0) is 18.7 Å². The number of nitrogens with zero attached hydrogens (tertiary/aromatic N) is 2. The quantitative estimate of drug-likeness (QED) is 0.234. The first kappa shape index (κ1) is 29.9. The van der Waals surface area contributed by atoms with Crippen LogP contribution in [0.1, 0.15) is 39.0 Å². The standard InChI is InChI=1S/C23H29F3N4O6Si/c1-22(2,3)37(4,5)35-14-17-16(34-11-7-9-27)12-18(36-17)30-13-15(19(31)29-21(30)33)8-6-10-28-20(32)23(24,25)26/h7,11,13,16-18H,10,12,14H2,1-5H3,(H,28,32)(H,29,31,33)/b11-7+/t16-,17+,18+/m0/s1. The molecule has 0 radical (unpaired) electrons. The highest BCUT2D eigenvalue weighted by Gasteiger charge is 2.42. The number of hydrogen-bond donors (Lipinski definition) is 2. The summed E-state index contributed by atoms with van der Waals surface area (Å²) in [5, 5.41) is 10.3. The van der Waals surface area contributed by atoms with Gasteiger partial charge in [-0.3, -0.25) is 19.1 Å². The molecule has 1 saturated heterocycles. The van der Waals surface area contributed by atoms with Crippen molar-refractivity contribution in [1.29, 1.82) is 5.26 Å². The molecule has 0 saturated carbocycles. The van der Waals surface area contributed by atoms with E-state index in [1.165, 1.54) is 6.26 Å². The van der Waals surface area contributed by atoms with Gasteiger partial charge < -0.3 is 19.2 Å². The molecular formula is C23H29F3N4O6Si. The highest BCUT2D eigenvalue weighted by Crippen LogP contribution is 2.38. The smallest absolute Gasteiger partial charge is 0.471 e. The van der Waals surface area contributed by atoms with Gasteiger partial charge >= 0.3 is 17.8 Å². The van der Waals surface area contributed by atoms with Crippen LogP contribution in [-0.4, -0.2) is 55.3 Å². The average molecular weight is 543 g/mol. The van der Waals surface area contributed by atoms with Crippen molar-refractivity contribution in [3.05, 3.63) is 44.9 Å². The Morgan fingerprint density at radius 1 is 1.35 bits per heavy atom. The predicted molar refractivity (Wildman–Crippen MR) is 129 cm³/mol. The molecule has 0 aliphatic carbocycles. The molecular weight excluding hydrogens is 513 g/mol. The van der Waals surface area contributed by atoms with Gasteiger partial charge in [0.1, 0.15) is 24.0 Å². The number of hydrogen-bond acceptors (Lipinski definition) is 7. The van der Waals surface area contributed by atoms with E-state index in [1.54, 1.807) is 5.32 Å². The van der Waals surface area contributed by atoms with Gasteiger partial charge in [0, 0.05) is 12.6 Å². The number of halogens is 3. The maximum atomic E-state index is 12.5. The third-order valence-corrected chi connectivity index (χ3v) is 10.6. The van der Waals surface area contributed by atoms with Crippen LogP contribution in [0.25, 0.3) is 0 Å². The molecule has 1 aliphatic heterocycles. The molecule has 2 N–H and O–H groups in total. The van der Waals surface area contributed by atoms with Crippen LogP contribution in [0.3, 0.4) is 0 Å². The number of amides is 1. The monoisotopic (exact) mass is 542 g/mol. The Morgan fingerprint density at radius 2 is 2.03 bits per heavy atom. The van der Waals surface area contributed by atoms with E-state index in [4.69, 9.17) is 19.2 Å². The molecule has 1 amide bonds. The molecule has 1 aromatic heterocycles. The Kier molecular flexibility index (Phi) is 9.54. The minimum Gasteiger partial charge on any atom is -0.494 e. The third kappa shape index (κ3) is 8.08. The zero-order valence-corrected chi connectivity index (χ0v) is 22.1. The topological polar surface area (TPSA) is 135 Å². The van der Waals surface area contributed by atoms with Gasteiger partial charge in [0.15, 0.2) is 8.32 Å². The number of ether oxygens (including phenoxy) is 2. The SMILES string of the molecule is CC(C)(C)[Si](C)(C)OC[C@H]1O[C@@H](n2cc(C#CCNC(=O)C(F)(F)F)c(=O)[nH]c2=O)C[C@@H]1O/C=C/C#N. The van der Waals surface area contributed by atoms with Gasteiger partial charge in [-0.1, -0.05) is 32.6 Å². The van der Waals surface area contributed by atoms with E-state index >= 15 is 0 Å². The highest BCUT2D eigenvalue weighted by atomic mass is 28.4. The summed E-state index contributed by atoms with van der Waals surface area (Å²) in [5.41, 5.74) is -1.85. The number of alkyl halides is 3. The van der Waals surface area contributed by atoms with Crippen LogP contribution in [0.4, 0.5) is 13.2 Å².